The van der Waals surface area contributed by atoms with Crippen molar-refractivity contribution in [1.82, 2.24) is 0 Å². The second kappa shape index (κ2) is 2.99. The van der Waals surface area contributed by atoms with Gasteiger partial charge in [-0.3, -0.25) is 0 Å². The zero-order valence-electron chi connectivity index (χ0n) is 10.4. The molecule has 18 heavy (non-hydrogen) atoms. The first-order valence-corrected chi connectivity index (χ1v) is 6.15. The van der Waals surface area contributed by atoms with E-state index in [9.17, 15) is 0 Å². The molecule has 2 aromatic carbocycles. The Balaban J connectivity index is 2.04. The molecule has 0 amide bonds. The van der Waals surface area contributed by atoms with Gasteiger partial charge in [-0.25, -0.2) is 0 Å². The Kier molecular flexibility index (Phi) is 1.63. The van der Waals surface area contributed by atoms with E-state index in [1.165, 1.54) is 0 Å². The summed E-state index contributed by atoms with van der Waals surface area (Å²) in [5, 5.41) is 3.54. The van der Waals surface area contributed by atoms with Crippen LogP contribution < -0.4 is 15.0 Å². The van der Waals surface area contributed by atoms with E-state index in [0.717, 1.165) is 28.6 Å². The molecule has 2 aliphatic heterocycles. The fraction of sp³-hybridized carbons (Fsp3) is 0.200. The Morgan fingerprint density at radius 3 is 2.67 bits per heavy atom. The molecule has 2 aliphatic rings. The zero-order valence-corrected chi connectivity index (χ0v) is 10.4. The highest BCUT2D eigenvalue weighted by molar-refractivity contribution is 5.92. The third kappa shape index (κ3) is 1.09. The summed E-state index contributed by atoms with van der Waals surface area (Å²) in [4.78, 5) is 2.32. The van der Waals surface area contributed by atoms with Gasteiger partial charge in [0.25, 0.3) is 0 Å². The molecule has 0 fully saturated rings. The largest absolute Gasteiger partial charge is 0.453 e. The van der Waals surface area contributed by atoms with Crippen LogP contribution in [-0.2, 0) is 0 Å². The summed E-state index contributed by atoms with van der Waals surface area (Å²) in [6.45, 7) is 4.36. The van der Waals surface area contributed by atoms with Crippen molar-refractivity contribution in [2.24, 2.45) is 0 Å². The Bertz CT molecular complexity index is 649. The summed E-state index contributed by atoms with van der Waals surface area (Å²) in [7, 11) is 0. The van der Waals surface area contributed by atoms with Crippen LogP contribution in [0.1, 0.15) is 13.8 Å². The second-order valence-electron chi connectivity index (χ2n) is 5.24. The Labute approximate surface area is 106 Å². The summed E-state index contributed by atoms with van der Waals surface area (Å²) < 4.78 is 5.98. The van der Waals surface area contributed by atoms with Crippen LogP contribution in [0.5, 0.6) is 11.5 Å². The Morgan fingerprint density at radius 1 is 1.00 bits per heavy atom. The maximum absolute atomic E-state index is 5.98. The van der Waals surface area contributed by atoms with Gasteiger partial charge in [-0.05, 0) is 38.1 Å². The maximum Gasteiger partial charge on any atom is 0.153 e. The summed E-state index contributed by atoms with van der Waals surface area (Å²) in [6, 6.07) is 14.3. The minimum absolute atomic E-state index is 0.141. The van der Waals surface area contributed by atoms with Crippen LogP contribution in [-0.4, -0.2) is 5.66 Å². The first-order chi connectivity index (χ1) is 8.67. The van der Waals surface area contributed by atoms with Gasteiger partial charge in [0.05, 0.1) is 11.4 Å². The molecule has 0 saturated heterocycles. The Morgan fingerprint density at radius 2 is 1.78 bits per heavy atom. The number of ether oxygens (including phenoxy) is 1. The highest BCUT2D eigenvalue weighted by atomic mass is 16.5. The average Bonchev–Trinajstić information content (AvgIpc) is 2.63. The number of rotatable bonds is 0. The molecule has 0 bridgehead atoms. The van der Waals surface area contributed by atoms with E-state index < -0.39 is 0 Å². The maximum atomic E-state index is 5.98. The van der Waals surface area contributed by atoms with Crippen molar-refractivity contribution in [2.45, 2.75) is 19.5 Å². The molecular formula is C15H14N2O. The standard InChI is InChI=1S/C15H14N2O/c1-15(2)16-10-6-5-9-13-14(10)17(15)11-7-3-4-8-12(11)18-13/h3-9,16H,1-2H3. The molecule has 2 heterocycles. The molecule has 1 N–H and O–H groups in total. The lowest BCUT2D eigenvalue weighted by molar-refractivity contribution is 0.462. The number of hydrogen-bond acceptors (Lipinski definition) is 3. The van der Waals surface area contributed by atoms with Crippen molar-refractivity contribution in [3.05, 3.63) is 42.5 Å². The van der Waals surface area contributed by atoms with Gasteiger partial charge in [0.1, 0.15) is 11.4 Å². The highest BCUT2D eigenvalue weighted by Crippen LogP contribution is 2.56. The van der Waals surface area contributed by atoms with Crippen molar-refractivity contribution in [3.8, 4) is 11.5 Å². The normalized spacial score (nSPS) is 17.6. The predicted octanol–water partition coefficient (Wildman–Crippen LogP) is 4.09. The molecule has 0 atom stereocenters. The molecule has 3 nitrogen and oxygen atoms in total. The number of fused-ring (bicyclic) bond motifs is 2. The Hall–Kier alpha value is -2.16. The molecule has 0 radical (unpaired) electrons. The zero-order chi connectivity index (χ0) is 12.3. The van der Waals surface area contributed by atoms with E-state index in [2.05, 4.69) is 36.2 Å². The fourth-order valence-corrected chi connectivity index (χ4v) is 2.87. The third-order valence-electron chi connectivity index (χ3n) is 3.55. The van der Waals surface area contributed by atoms with Gasteiger partial charge in [-0.1, -0.05) is 18.2 Å². The lowest BCUT2D eigenvalue weighted by Gasteiger charge is -2.37. The lowest BCUT2D eigenvalue weighted by Crippen LogP contribution is -2.43. The average molecular weight is 238 g/mol. The SMILES string of the molecule is CC1(C)Nc2cccc3c2N1c1ccccc1O3. The van der Waals surface area contributed by atoms with Crippen molar-refractivity contribution in [3.63, 3.8) is 0 Å². The van der Waals surface area contributed by atoms with Crippen LogP contribution in [0, 0.1) is 0 Å². The van der Waals surface area contributed by atoms with E-state index in [-0.39, 0.29) is 5.66 Å². The summed E-state index contributed by atoms with van der Waals surface area (Å²) >= 11 is 0. The van der Waals surface area contributed by atoms with Gasteiger partial charge in [0.15, 0.2) is 11.5 Å². The number of nitrogens with zero attached hydrogens (tertiary/aromatic N) is 1. The van der Waals surface area contributed by atoms with Crippen LogP contribution in [0.2, 0.25) is 0 Å². The first-order valence-electron chi connectivity index (χ1n) is 6.15. The molecule has 0 aromatic heterocycles. The molecule has 90 valence electrons. The highest BCUT2D eigenvalue weighted by Gasteiger charge is 2.42. The summed E-state index contributed by atoms with van der Waals surface area (Å²) in [5.74, 6) is 1.84. The quantitative estimate of drug-likeness (QED) is 0.748. The molecule has 4 rings (SSSR count). The van der Waals surface area contributed by atoms with Crippen LogP contribution in [0.25, 0.3) is 0 Å². The summed E-state index contributed by atoms with van der Waals surface area (Å²) in [6.07, 6.45) is 0. The number of para-hydroxylation sites is 3. The van der Waals surface area contributed by atoms with Gasteiger partial charge >= 0.3 is 0 Å². The van der Waals surface area contributed by atoms with Crippen LogP contribution in [0.4, 0.5) is 17.1 Å². The minimum atomic E-state index is -0.141. The summed E-state index contributed by atoms with van der Waals surface area (Å²) in [5.41, 5.74) is 3.25. The van der Waals surface area contributed by atoms with Crippen molar-refractivity contribution in [2.75, 3.05) is 10.2 Å². The van der Waals surface area contributed by atoms with Crippen LogP contribution in [0.3, 0.4) is 0 Å². The molecule has 2 aromatic rings. The monoisotopic (exact) mass is 238 g/mol. The van der Waals surface area contributed by atoms with Crippen molar-refractivity contribution in [1.29, 1.82) is 0 Å². The van der Waals surface area contributed by atoms with E-state index in [4.69, 9.17) is 4.74 Å². The third-order valence-corrected chi connectivity index (χ3v) is 3.55. The van der Waals surface area contributed by atoms with E-state index in [1.54, 1.807) is 0 Å². The topological polar surface area (TPSA) is 24.5 Å². The number of hydrogen-bond donors (Lipinski definition) is 1. The fourth-order valence-electron chi connectivity index (χ4n) is 2.87. The van der Waals surface area contributed by atoms with Crippen molar-refractivity contribution < 1.29 is 4.74 Å². The predicted molar refractivity (Wildman–Crippen MR) is 72.8 cm³/mol. The van der Waals surface area contributed by atoms with Crippen LogP contribution in [0.15, 0.2) is 42.5 Å². The smallest absolute Gasteiger partial charge is 0.153 e. The number of benzene rings is 2. The molecule has 3 heteroatoms. The number of anilines is 3. The second-order valence-corrected chi connectivity index (χ2v) is 5.24. The minimum Gasteiger partial charge on any atom is -0.453 e. The molecule has 0 aliphatic carbocycles. The molecule has 0 unspecified atom stereocenters. The van der Waals surface area contributed by atoms with Gasteiger partial charge in [0.2, 0.25) is 0 Å². The van der Waals surface area contributed by atoms with E-state index in [1.807, 2.05) is 30.3 Å². The van der Waals surface area contributed by atoms with Crippen molar-refractivity contribution >= 4 is 17.1 Å². The van der Waals surface area contributed by atoms with Gasteiger partial charge in [-0.2, -0.15) is 0 Å². The molecule has 0 spiro atoms. The van der Waals surface area contributed by atoms with Gasteiger partial charge < -0.3 is 15.0 Å². The molecule has 0 saturated carbocycles. The van der Waals surface area contributed by atoms with E-state index >= 15 is 0 Å². The van der Waals surface area contributed by atoms with Gasteiger partial charge in [-0.15, -0.1) is 0 Å². The van der Waals surface area contributed by atoms with E-state index in [0.29, 0.717) is 0 Å². The number of nitrogens with one attached hydrogen (secondary N) is 1. The molecular weight excluding hydrogens is 224 g/mol. The van der Waals surface area contributed by atoms with Gasteiger partial charge in [0, 0.05) is 0 Å². The van der Waals surface area contributed by atoms with Crippen LogP contribution >= 0.6 is 0 Å². The lowest BCUT2D eigenvalue weighted by atomic mass is 10.1. The first kappa shape index (κ1) is 9.83.